The summed E-state index contributed by atoms with van der Waals surface area (Å²) in [5.74, 6) is -0.117. The molecule has 0 unspecified atom stereocenters. The van der Waals surface area contributed by atoms with Crippen LogP contribution in [0.15, 0.2) is 9.42 Å². The molecule has 0 aliphatic carbocycles. The smallest absolute Gasteiger partial charge is 0.246 e. The van der Waals surface area contributed by atoms with Crippen LogP contribution in [0.4, 0.5) is 0 Å². The Bertz CT molecular complexity index is 852. The van der Waals surface area contributed by atoms with Crippen LogP contribution in [-0.4, -0.2) is 105 Å². The molecule has 2 aliphatic heterocycles. The molecular weight excluding hydrogens is 414 g/mol. The number of amides is 2. The van der Waals surface area contributed by atoms with E-state index in [0.29, 0.717) is 45.9 Å². The van der Waals surface area contributed by atoms with Crippen molar-refractivity contribution in [2.45, 2.75) is 31.7 Å². The molecule has 11 nitrogen and oxygen atoms in total. The van der Waals surface area contributed by atoms with Crippen LogP contribution in [-0.2, 0) is 24.3 Å². The van der Waals surface area contributed by atoms with E-state index < -0.39 is 16.1 Å². The standard InChI is InChI=1S/C18H29N5O6S/c1-13-17(15(3)29-19-13)30(26,27)20-14(2)18(25)23-6-4-22(5-7-23)16(24)12-21-8-10-28-11-9-21/h14,20H,4-12H2,1-3H3/t14-/m0/s1. The van der Waals surface area contributed by atoms with E-state index in [1.54, 1.807) is 9.80 Å². The summed E-state index contributed by atoms with van der Waals surface area (Å²) in [6, 6.07) is -0.945. The van der Waals surface area contributed by atoms with Crippen molar-refractivity contribution in [2.75, 3.05) is 59.0 Å². The van der Waals surface area contributed by atoms with Crippen molar-refractivity contribution in [3.8, 4) is 0 Å². The number of carbonyl (C=O) groups is 2. The van der Waals surface area contributed by atoms with Crippen molar-refractivity contribution in [1.82, 2.24) is 24.6 Å². The minimum atomic E-state index is -3.94. The van der Waals surface area contributed by atoms with Crippen molar-refractivity contribution in [3.63, 3.8) is 0 Å². The number of rotatable bonds is 6. The molecule has 1 aromatic heterocycles. The minimum Gasteiger partial charge on any atom is -0.379 e. The van der Waals surface area contributed by atoms with Gasteiger partial charge in [-0.3, -0.25) is 14.5 Å². The zero-order valence-corrected chi connectivity index (χ0v) is 18.4. The first-order chi connectivity index (χ1) is 14.2. The molecule has 2 fully saturated rings. The number of piperazine rings is 1. The molecule has 12 heteroatoms. The summed E-state index contributed by atoms with van der Waals surface area (Å²) in [4.78, 5) is 30.6. The highest BCUT2D eigenvalue weighted by molar-refractivity contribution is 7.89. The van der Waals surface area contributed by atoms with Gasteiger partial charge in [0.2, 0.25) is 21.8 Å². The van der Waals surface area contributed by atoms with Crippen LogP contribution in [0.3, 0.4) is 0 Å². The number of aromatic nitrogens is 1. The topological polar surface area (TPSA) is 125 Å². The Kier molecular flexibility index (Phi) is 7.11. The van der Waals surface area contributed by atoms with Crippen LogP contribution in [0.25, 0.3) is 0 Å². The molecule has 30 heavy (non-hydrogen) atoms. The lowest BCUT2D eigenvalue weighted by atomic mass is 10.2. The fraction of sp³-hybridized carbons (Fsp3) is 0.722. The van der Waals surface area contributed by atoms with E-state index in [9.17, 15) is 18.0 Å². The normalized spacial score (nSPS) is 19.7. The van der Waals surface area contributed by atoms with Gasteiger partial charge in [0.1, 0.15) is 10.6 Å². The zero-order chi connectivity index (χ0) is 21.9. The summed E-state index contributed by atoms with van der Waals surface area (Å²) in [7, 11) is -3.94. The average Bonchev–Trinajstić information content (AvgIpc) is 3.07. The van der Waals surface area contributed by atoms with Crippen molar-refractivity contribution in [3.05, 3.63) is 11.5 Å². The predicted octanol–water partition coefficient (Wildman–Crippen LogP) is -1.04. The number of morpholine rings is 1. The van der Waals surface area contributed by atoms with Crippen molar-refractivity contribution >= 4 is 21.8 Å². The minimum absolute atomic E-state index is 0.0381. The summed E-state index contributed by atoms with van der Waals surface area (Å²) in [5, 5.41) is 3.65. The van der Waals surface area contributed by atoms with Gasteiger partial charge < -0.3 is 19.1 Å². The molecule has 0 radical (unpaired) electrons. The van der Waals surface area contributed by atoms with Gasteiger partial charge in [0.05, 0.1) is 25.8 Å². The molecule has 1 atom stereocenters. The third-order valence-corrected chi connectivity index (χ3v) is 7.13. The second-order valence-corrected chi connectivity index (χ2v) is 9.24. The van der Waals surface area contributed by atoms with Gasteiger partial charge >= 0.3 is 0 Å². The summed E-state index contributed by atoms with van der Waals surface area (Å²) in [5.41, 5.74) is 0.243. The maximum atomic E-state index is 12.7. The molecule has 2 saturated heterocycles. The molecule has 1 aromatic rings. The lowest BCUT2D eigenvalue weighted by Gasteiger charge is -2.37. The van der Waals surface area contributed by atoms with Crippen LogP contribution in [0.1, 0.15) is 18.4 Å². The lowest BCUT2D eigenvalue weighted by molar-refractivity contribution is -0.141. The number of ether oxygens (including phenoxy) is 1. The molecule has 3 rings (SSSR count). The Balaban J connectivity index is 1.51. The zero-order valence-electron chi connectivity index (χ0n) is 17.6. The van der Waals surface area contributed by atoms with Gasteiger partial charge in [-0.25, -0.2) is 8.42 Å². The molecule has 2 aliphatic rings. The first-order valence-electron chi connectivity index (χ1n) is 10.0. The van der Waals surface area contributed by atoms with E-state index in [2.05, 4.69) is 14.8 Å². The summed E-state index contributed by atoms with van der Waals surface area (Å²) in [6.07, 6.45) is 0. The van der Waals surface area contributed by atoms with Gasteiger partial charge in [-0.05, 0) is 20.8 Å². The van der Waals surface area contributed by atoms with Crippen LogP contribution in [0.5, 0.6) is 0 Å². The number of aryl methyl sites for hydroxylation is 2. The summed E-state index contributed by atoms with van der Waals surface area (Å²) < 4.78 is 37.8. The number of hydrogen-bond acceptors (Lipinski definition) is 8. The molecule has 0 bridgehead atoms. The van der Waals surface area contributed by atoms with Gasteiger partial charge in [0, 0.05) is 39.3 Å². The SMILES string of the molecule is Cc1noc(C)c1S(=O)(=O)N[C@@H](C)C(=O)N1CCN(C(=O)CN2CCOCC2)CC1. The van der Waals surface area contributed by atoms with Gasteiger partial charge in [0.25, 0.3) is 0 Å². The Morgan fingerprint density at radius 3 is 2.23 bits per heavy atom. The first-order valence-corrected chi connectivity index (χ1v) is 11.5. The van der Waals surface area contributed by atoms with E-state index in [4.69, 9.17) is 9.26 Å². The van der Waals surface area contributed by atoms with Crippen molar-refractivity contribution in [1.29, 1.82) is 0 Å². The predicted molar refractivity (Wildman–Crippen MR) is 106 cm³/mol. The monoisotopic (exact) mass is 443 g/mol. The Morgan fingerprint density at radius 1 is 1.07 bits per heavy atom. The van der Waals surface area contributed by atoms with E-state index in [1.807, 2.05) is 0 Å². The maximum absolute atomic E-state index is 12.7. The van der Waals surface area contributed by atoms with Crippen LogP contribution in [0, 0.1) is 13.8 Å². The third kappa shape index (κ3) is 5.17. The Hall–Kier alpha value is -2.02. The molecule has 0 spiro atoms. The highest BCUT2D eigenvalue weighted by Gasteiger charge is 2.32. The van der Waals surface area contributed by atoms with Gasteiger partial charge in [-0.2, -0.15) is 4.72 Å². The van der Waals surface area contributed by atoms with E-state index in [-0.39, 0.29) is 28.2 Å². The average molecular weight is 444 g/mol. The second-order valence-electron chi connectivity index (χ2n) is 7.59. The number of nitrogens with one attached hydrogen (secondary N) is 1. The lowest BCUT2D eigenvalue weighted by Crippen LogP contribution is -2.56. The number of carbonyl (C=O) groups excluding carboxylic acids is 2. The fourth-order valence-electron chi connectivity index (χ4n) is 3.70. The Morgan fingerprint density at radius 2 is 1.67 bits per heavy atom. The Labute approximate surface area is 176 Å². The van der Waals surface area contributed by atoms with Crippen LogP contribution in [0.2, 0.25) is 0 Å². The first kappa shape index (κ1) is 22.7. The van der Waals surface area contributed by atoms with Crippen molar-refractivity contribution in [2.24, 2.45) is 0 Å². The highest BCUT2D eigenvalue weighted by Crippen LogP contribution is 2.19. The molecule has 1 N–H and O–H groups in total. The van der Waals surface area contributed by atoms with Gasteiger partial charge in [-0.1, -0.05) is 5.16 Å². The van der Waals surface area contributed by atoms with Crippen LogP contribution < -0.4 is 4.72 Å². The number of nitrogens with zero attached hydrogens (tertiary/aromatic N) is 4. The molecule has 0 aromatic carbocycles. The van der Waals surface area contributed by atoms with Gasteiger partial charge in [0.15, 0.2) is 5.76 Å². The van der Waals surface area contributed by atoms with Crippen LogP contribution >= 0.6 is 0 Å². The molecule has 2 amide bonds. The number of sulfonamides is 1. The number of hydrogen-bond donors (Lipinski definition) is 1. The van der Waals surface area contributed by atoms with E-state index in [1.165, 1.54) is 20.8 Å². The summed E-state index contributed by atoms with van der Waals surface area (Å²) in [6.45, 7) is 9.25. The molecule has 0 saturated carbocycles. The van der Waals surface area contributed by atoms with Gasteiger partial charge in [-0.15, -0.1) is 0 Å². The summed E-state index contributed by atoms with van der Waals surface area (Å²) >= 11 is 0. The second kappa shape index (κ2) is 9.41. The maximum Gasteiger partial charge on any atom is 0.246 e. The molecule has 3 heterocycles. The van der Waals surface area contributed by atoms with E-state index in [0.717, 1.165) is 13.1 Å². The molecule has 168 valence electrons. The van der Waals surface area contributed by atoms with Crippen molar-refractivity contribution < 1.29 is 27.3 Å². The largest absolute Gasteiger partial charge is 0.379 e. The van der Waals surface area contributed by atoms with E-state index >= 15 is 0 Å². The fourth-order valence-corrected chi connectivity index (χ4v) is 5.23. The highest BCUT2D eigenvalue weighted by atomic mass is 32.2. The third-order valence-electron chi connectivity index (χ3n) is 5.35. The quantitative estimate of drug-likeness (QED) is 0.591. The molecular formula is C18H29N5O6S.